The van der Waals surface area contributed by atoms with Gasteiger partial charge in [0.05, 0.1) is 10.6 Å². The highest BCUT2D eigenvalue weighted by molar-refractivity contribution is 6.34. The minimum absolute atomic E-state index is 0.103. The van der Waals surface area contributed by atoms with Crippen LogP contribution in [0.2, 0.25) is 5.02 Å². The van der Waals surface area contributed by atoms with Crippen LogP contribution in [0.1, 0.15) is 96.0 Å². The van der Waals surface area contributed by atoms with Crippen LogP contribution in [0.4, 0.5) is 15.3 Å². The quantitative estimate of drug-likeness (QED) is 0.0958. The normalized spacial score (nSPS) is 17.5. The molecule has 16 nitrogen and oxygen atoms in total. The minimum atomic E-state index is -0.886. The lowest BCUT2D eigenvalue weighted by atomic mass is 9.81. The highest BCUT2D eigenvalue weighted by Crippen LogP contribution is 2.30. The maximum absolute atomic E-state index is 13.9. The summed E-state index contributed by atoms with van der Waals surface area (Å²) in [5.41, 5.74) is 2.93. The number of benzene rings is 3. The molecule has 17 heteroatoms. The number of likely N-dealkylation sites (tertiary alicyclic amines) is 1. The number of anilines is 1. The molecule has 1 aliphatic heterocycles. The van der Waals surface area contributed by atoms with Crippen molar-refractivity contribution in [3.05, 3.63) is 82.9 Å². The Balaban J connectivity index is 1.07. The first kappa shape index (κ1) is 46.5. The van der Waals surface area contributed by atoms with Crippen molar-refractivity contribution in [1.29, 1.82) is 0 Å². The zero-order valence-corrected chi connectivity index (χ0v) is 37.5. The molecule has 2 fully saturated rings. The summed E-state index contributed by atoms with van der Waals surface area (Å²) < 4.78 is 10.8. The Morgan fingerprint density at radius 1 is 0.810 bits per heavy atom. The Bertz CT molecular complexity index is 2210. The number of piperidine rings is 1. The van der Waals surface area contributed by atoms with E-state index in [1.54, 1.807) is 41.3 Å². The van der Waals surface area contributed by atoms with Crippen molar-refractivity contribution in [2.75, 3.05) is 25.0 Å². The largest absolute Gasteiger partial charge is 0.444 e. The van der Waals surface area contributed by atoms with Gasteiger partial charge in [-0.05, 0) is 144 Å². The molecule has 2 aliphatic rings. The molecule has 4 aromatic rings. The third-order valence-corrected chi connectivity index (χ3v) is 11.3. The molecule has 63 heavy (non-hydrogen) atoms. The van der Waals surface area contributed by atoms with Crippen LogP contribution in [0.3, 0.4) is 0 Å². The second-order valence-electron chi connectivity index (χ2n) is 18.3. The summed E-state index contributed by atoms with van der Waals surface area (Å²) in [6, 6.07) is 19.0. The second kappa shape index (κ2) is 20.4. The fourth-order valence-corrected chi connectivity index (χ4v) is 7.90. The molecule has 5 N–H and O–H groups in total. The standard InChI is InChI=1S/C46H58ClN9O7/c1-45(2,3)62-43(60)48-27-29-9-13-32(14-10-29)40(57)51-38(42(59)50-34-18-15-31(16-19-34)39-52-54-55-53-39)25-28-7-11-30(12-8-28)33-17-20-36(37(47)26-33)41(58)49-35-21-23-56(24-22-35)44(61)63-46(4,5)6/h7-8,11-12,15-20,26,29,32,35,38H,9-10,13-14,21-25,27H2,1-6H3,(H,48,60)(H,49,58)(H,50,59)(H,51,57)(H,52,53,54,55)/t29?,32?,38-/m0/s1. The van der Waals surface area contributed by atoms with Crippen LogP contribution in [0.5, 0.6) is 0 Å². The third-order valence-electron chi connectivity index (χ3n) is 11.0. The summed E-state index contributed by atoms with van der Waals surface area (Å²) in [5, 5.41) is 26.2. The van der Waals surface area contributed by atoms with Crippen LogP contribution >= 0.6 is 11.6 Å². The van der Waals surface area contributed by atoms with E-state index < -0.39 is 23.3 Å². The van der Waals surface area contributed by atoms with Gasteiger partial charge in [0.1, 0.15) is 17.2 Å². The lowest BCUT2D eigenvalue weighted by Gasteiger charge is -2.33. The molecular weight excluding hydrogens is 826 g/mol. The number of halogens is 1. The molecule has 0 bridgehead atoms. The van der Waals surface area contributed by atoms with Crippen molar-refractivity contribution in [2.45, 2.75) is 110 Å². The number of amides is 5. The molecule has 6 rings (SSSR count). The summed E-state index contributed by atoms with van der Waals surface area (Å²) in [7, 11) is 0. The number of alkyl carbamates (subject to hydrolysis) is 1. The van der Waals surface area contributed by atoms with Crippen molar-refractivity contribution in [3.63, 3.8) is 0 Å². The molecule has 1 aromatic heterocycles. The molecular formula is C46H58ClN9O7. The van der Waals surface area contributed by atoms with E-state index in [-0.39, 0.29) is 48.1 Å². The number of H-pyrrole nitrogens is 1. The van der Waals surface area contributed by atoms with Gasteiger partial charge in [0.2, 0.25) is 17.6 Å². The molecule has 3 aromatic carbocycles. The van der Waals surface area contributed by atoms with Crippen molar-refractivity contribution in [2.24, 2.45) is 11.8 Å². The molecule has 2 heterocycles. The Kier molecular flexibility index (Phi) is 15.1. The Morgan fingerprint density at radius 2 is 1.44 bits per heavy atom. The van der Waals surface area contributed by atoms with Crippen molar-refractivity contribution < 1.29 is 33.4 Å². The average Bonchev–Trinajstić information content (AvgIpc) is 3.78. The Labute approximate surface area is 373 Å². The van der Waals surface area contributed by atoms with Gasteiger partial charge in [0.25, 0.3) is 5.91 Å². The number of hydrogen-bond donors (Lipinski definition) is 5. The summed E-state index contributed by atoms with van der Waals surface area (Å²) in [6.07, 6.45) is 3.40. The van der Waals surface area contributed by atoms with Crippen molar-refractivity contribution in [1.82, 2.24) is 41.5 Å². The maximum Gasteiger partial charge on any atom is 0.410 e. The Morgan fingerprint density at radius 3 is 2.05 bits per heavy atom. The SMILES string of the molecule is CC(C)(C)OC(=O)NCC1CCC(C(=O)N[C@@H](Cc2ccc(-c3ccc(C(=O)NC4CCN(C(=O)OC(C)(C)C)CC4)c(Cl)c3)cc2)C(=O)Nc2ccc(-c3nn[nH]n3)cc2)CC1. The number of nitrogens with one attached hydrogen (secondary N) is 5. The number of carbonyl (C=O) groups excluding carboxylic acids is 5. The van der Waals surface area contributed by atoms with Crippen LogP contribution in [0, 0.1) is 11.8 Å². The molecule has 1 saturated heterocycles. The number of aromatic nitrogens is 4. The summed E-state index contributed by atoms with van der Waals surface area (Å²) in [4.78, 5) is 67.2. The predicted octanol–water partition coefficient (Wildman–Crippen LogP) is 7.31. The number of tetrazole rings is 1. The van der Waals surface area contributed by atoms with Crippen molar-refractivity contribution in [3.8, 4) is 22.5 Å². The lowest BCUT2D eigenvalue weighted by molar-refractivity contribution is -0.130. The van der Waals surface area contributed by atoms with E-state index in [0.717, 1.165) is 35.1 Å². The van der Waals surface area contributed by atoms with Gasteiger partial charge in [-0.25, -0.2) is 9.59 Å². The number of aromatic amines is 1. The lowest BCUT2D eigenvalue weighted by Crippen LogP contribution is -2.48. The van der Waals surface area contributed by atoms with Gasteiger partial charge >= 0.3 is 12.2 Å². The number of carbonyl (C=O) groups is 5. The third kappa shape index (κ3) is 13.7. The summed E-state index contributed by atoms with van der Waals surface area (Å²) >= 11 is 6.68. The molecule has 1 atom stereocenters. The second-order valence-corrected chi connectivity index (χ2v) is 18.7. The number of nitrogens with zero attached hydrogens (tertiary/aromatic N) is 4. The molecule has 0 unspecified atom stereocenters. The van der Waals surface area contributed by atoms with Gasteiger partial charge in [-0.1, -0.05) is 41.9 Å². The predicted molar refractivity (Wildman–Crippen MR) is 239 cm³/mol. The fourth-order valence-electron chi connectivity index (χ4n) is 7.63. The van der Waals surface area contributed by atoms with Crippen LogP contribution in [-0.2, 0) is 25.5 Å². The highest BCUT2D eigenvalue weighted by Gasteiger charge is 2.31. The first-order valence-corrected chi connectivity index (χ1v) is 21.9. The van der Waals surface area contributed by atoms with Gasteiger partial charge in [-0.15, -0.1) is 10.2 Å². The molecule has 0 spiro atoms. The van der Waals surface area contributed by atoms with E-state index >= 15 is 0 Å². The summed E-state index contributed by atoms with van der Waals surface area (Å²) in [6.45, 7) is 12.4. The summed E-state index contributed by atoms with van der Waals surface area (Å²) in [5.74, 6) is -0.477. The first-order valence-electron chi connectivity index (χ1n) is 21.5. The molecule has 0 radical (unpaired) electrons. The number of ether oxygens (including phenoxy) is 2. The monoisotopic (exact) mass is 883 g/mol. The van der Waals surface area contributed by atoms with E-state index in [4.69, 9.17) is 21.1 Å². The maximum atomic E-state index is 13.9. The highest BCUT2D eigenvalue weighted by atomic mass is 35.5. The fraction of sp³-hybridized carbons (Fsp3) is 0.478. The van der Waals surface area contributed by atoms with E-state index in [1.807, 2.05) is 71.9 Å². The van der Waals surface area contributed by atoms with E-state index in [0.29, 0.717) is 67.4 Å². The van der Waals surface area contributed by atoms with Crippen molar-refractivity contribution >= 4 is 47.2 Å². The smallest absolute Gasteiger partial charge is 0.410 e. The van der Waals surface area contributed by atoms with Gasteiger partial charge in [0.15, 0.2) is 0 Å². The molecule has 1 saturated carbocycles. The first-order chi connectivity index (χ1) is 29.9. The van der Waals surface area contributed by atoms with Crippen LogP contribution < -0.4 is 21.3 Å². The topological polar surface area (TPSA) is 210 Å². The van der Waals surface area contributed by atoms with Crippen LogP contribution in [-0.4, -0.2) is 98.4 Å². The minimum Gasteiger partial charge on any atom is -0.444 e. The number of rotatable bonds is 12. The molecule has 336 valence electrons. The Hall–Kier alpha value is -6.03. The molecule has 1 aliphatic carbocycles. The van der Waals surface area contributed by atoms with Gasteiger partial charge in [-0.3, -0.25) is 14.4 Å². The van der Waals surface area contributed by atoms with Gasteiger partial charge in [0, 0.05) is 49.3 Å². The van der Waals surface area contributed by atoms with E-state index in [2.05, 4.69) is 41.9 Å². The van der Waals surface area contributed by atoms with E-state index in [9.17, 15) is 24.0 Å². The average molecular weight is 884 g/mol. The van der Waals surface area contributed by atoms with E-state index in [1.165, 1.54) is 0 Å². The molecule has 5 amide bonds. The van der Waals surface area contributed by atoms with Crippen LogP contribution in [0.15, 0.2) is 66.7 Å². The van der Waals surface area contributed by atoms with Gasteiger partial charge in [-0.2, -0.15) is 5.21 Å². The zero-order valence-electron chi connectivity index (χ0n) is 36.8. The van der Waals surface area contributed by atoms with Gasteiger partial charge < -0.3 is 35.6 Å². The number of hydrogen-bond acceptors (Lipinski definition) is 10. The zero-order chi connectivity index (χ0) is 45.3. The van der Waals surface area contributed by atoms with Crippen LogP contribution in [0.25, 0.3) is 22.5 Å².